The standard InChI is InChI=1S/C18H21ClN2O2S2/c1-24(22)14-7-5-8-15(13-14)25(23)20-17-10-6-9-16(19)18(17)21-11-3-2-4-12-21/h5-10,13,20H,2-4,11-12H2,1H3. The first-order valence-electron chi connectivity index (χ1n) is 8.21. The Morgan fingerprint density at radius 1 is 1.00 bits per heavy atom. The van der Waals surface area contributed by atoms with E-state index < -0.39 is 22.5 Å². The van der Waals surface area contributed by atoms with Crippen LogP contribution in [0, 0.1) is 0 Å². The predicted molar refractivity (Wildman–Crippen MR) is 106 cm³/mol. The van der Waals surface area contributed by atoms with E-state index in [2.05, 4.69) is 9.62 Å². The van der Waals surface area contributed by atoms with Gasteiger partial charge in [0, 0.05) is 13.1 Å². The SMILES string of the molecule is C[S+]([O-])c1cccc([S+]([O-])Nc2cccc(Cl)c2N2CCCCC2)c1. The van der Waals surface area contributed by atoms with E-state index in [4.69, 9.17) is 11.6 Å². The Morgan fingerprint density at radius 2 is 1.68 bits per heavy atom. The van der Waals surface area contributed by atoms with Gasteiger partial charge in [0.25, 0.3) is 0 Å². The summed E-state index contributed by atoms with van der Waals surface area (Å²) in [5.74, 6) is 0. The second kappa shape index (κ2) is 8.56. The molecule has 2 atom stereocenters. The van der Waals surface area contributed by atoms with Gasteiger partial charge in [0.05, 0.1) is 16.8 Å². The highest BCUT2D eigenvalue weighted by Crippen LogP contribution is 2.36. The van der Waals surface area contributed by atoms with Crippen molar-refractivity contribution in [3.05, 3.63) is 47.5 Å². The first-order valence-corrected chi connectivity index (χ1v) is 11.3. The molecule has 0 saturated carbocycles. The lowest BCUT2D eigenvalue weighted by molar-refractivity contribution is 0.578. The maximum Gasteiger partial charge on any atom is 0.184 e. The largest absolute Gasteiger partial charge is 0.612 e. The molecule has 0 aromatic heterocycles. The maximum absolute atomic E-state index is 12.8. The second-order valence-corrected chi connectivity index (χ2v) is 8.98. The van der Waals surface area contributed by atoms with Gasteiger partial charge in [-0.25, -0.2) is 4.72 Å². The summed E-state index contributed by atoms with van der Waals surface area (Å²) < 4.78 is 27.5. The molecule has 3 rings (SSSR count). The number of halogens is 1. The summed E-state index contributed by atoms with van der Waals surface area (Å²) in [7, 11) is 0. The monoisotopic (exact) mass is 396 g/mol. The Hall–Kier alpha value is -1.05. The normalized spacial score (nSPS) is 17.2. The van der Waals surface area contributed by atoms with Crippen LogP contribution in [0.1, 0.15) is 19.3 Å². The van der Waals surface area contributed by atoms with Gasteiger partial charge in [0.2, 0.25) is 0 Å². The third-order valence-corrected chi connectivity index (χ3v) is 6.52. The molecule has 2 unspecified atom stereocenters. The number of para-hydroxylation sites is 1. The van der Waals surface area contributed by atoms with Crippen LogP contribution >= 0.6 is 11.6 Å². The minimum absolute atomic E-state index is 0.595. The zero-order chi connectivity index (χ0) is 17.8. The molecule has 0 aliphatic carbocycles. The molecule has 7 heteroatoms. The second-order valence-electron chi connectivity index (χ2n) is 5.98. The van der Waals surface area contributed by atoms with Crippen LogP contribution in [-0.2, 0) is 22.5 Å². The van der Waals surface area contributed by atoms with E-state index in [1.807, 2.05) is 18.2 Å². The van der Waals surface area contributed by atoms with E-state index in [9.17, 15) is 9.11 Å². The third kappa shape index (κ3) is 4.57. The molecule has 0 bridgehead atoms. The Bertz CT molecular complexity index is 724. The van der Waals surface area contributed by atoms with Gasteiger partial charge >= 0.3 is 0 Å². The van der Waals surface area contributed by atoms with Crippen molar-refractivity contribution in [2.24, 2.45) is 0 Å². The molecule has 1 aliphatic heterocycles. The number of nitrogens with zero attached hydrogens (tertiary/aromatic N) is 1. The number of benzene rings is 2. The van der Waals surface area contributed by atoms with Crippen molar-refractivity contribution in [2.75, 3.05) is 29.0 Å². The first-order chi connectivity index (χ1) is 12.1. The van der Waals surface area contributed by atoms with Gasteiger partial charge in [-0.3, -0.25) is 0 Å². The van der Waals surface area contributed by atoms with Crippen molar-refractivity contribution in [1.29, 1.82) is 0 Å². The molecule has 1 saturated heterocycles. The van der Waals surface area contributed by atoms with Crippen LogP contribution in [0.15, 0.2) is 52.3 Å². The lowest BCUT2D eigenvalue weighted by Gasteiger charge is -2.31. The quantitative estimate of drug-likeness (QED) is 0.769. The van der Waals surface area contributed by atoms with Crippen LogP contribution in [-0.4, -0.2) is 28.5 Å². The van der Waals surface area contributed by atoms with Crippen molar-refractivity contribution in [3.63, 3.8) is 0 Å². The lowest BCUT2D eigenvalue weighted by Crippen LogP contribution is -2.30. The highest BCUT2D eigenvalue weighted by molar-refractivity contribution is 7.93. The first kappa shape index (κ1) is 18.7. The number of hydrogen-bond donors (Lipinski definition) is 1. The lowest BCUT2D eigenvalue weighted by atomic mass is 10.1. The van der Waals surface area contributed by atoms with E-state index in [1.165, 1.54) is 6.42 Å². The minimum atomic E-state index is -1.45. The molecule has 2 aromatic rings. The molecule has 1 aliphatic rings. The molecule has 1 heterocycles. The van der Waals surface area contributed by atoms with Crippen molar-refractivity contribution < 1.29 is 9.11 Å². The summed E-state index contributed by atoms with van der Waals surface area (Å²) >= 11 is 3.88. The summed E-state index contributed by atoms with van der Waals surface area (Å²) in [6, 6.07) is 12.6. The molecule has 0 spiro atoms. The molecular weight excluding hydrogens is 376 g/mol. The molecule has 134 valence electrons. The van der Waals surface area contributed by atoms with Gasteiger partial charge in [-0.1, -0.05) is 23.7 Å². The zero-order valence-corrected chi connectivity index (χ0v) is 16.4. The summed E-state index contributed by atoms with van der Waals surface area (Å²) in [6.07, 6.45) is 5.12. The number of piperidine rings is 1. The fourth-order valence-electron chi connectivity index (χ4n) is 2.96. The van der Waals surface area contributed by atoms with Gasteiger partial charge in [0.1, 0.15) is 23.3 Å². The molecule has 1 N–H and O–H groups in total. The van der Waals surface area contributed by atoms with E-state index in [0.29, 0.717) is 14.8 Å². The Morgan fingerprint density at radius 3 is 2.40 bits per heavy atom. The van der Waals surface area contributed by atoms with Crippen molar-refractivity contribution >= 4 is 45.5 Å². The molecule has 0 amide bonds. The predicted octanol–water partition coefficient (Wildman–Crippen LogP) is 4.20. The van der Waals surface area contributed by atoms with Crippen LogP contribution in [0.3, 0.4) is 0 Å². The van der Waals surface area contributed by atoms with Gasteiger partial charge in [-0.05, 0) is 54.7 Å². The van der Waals surface area contributed by atoms with Crippen LogP contribution < -0.4 is 9.62 Å². The average Bonchev–Trinajstić information content (AvgIpc) is 2.62. The van der Waals surface area contributed by atoms with Crippen molar-refractivity contribution in [3.8, 4) is 0 Å². The van der Waals surface area contributed by atoms with E-state index in [1.54, 1.807) is 30.5 Å². The Balaban J connectivity index is 1.85. The molecule has 2 aromatic carbocycles. The topological polar surface area (TPSA) is 61.4 Å². The number of anilines is 2. The molecule has 1 fully saturated rings. The highest BCUT2D eigenvalue weighted by atomic mass is 35.5. The number of hydrogen-bond acceptors (Lipinski definition) is 4. The maximum atomic E-state index is 12.8. The van der Waals surface area contributed by atoms with Gasteiger partial charge in [0.15, 0.2) is 9.79 Å². The molecule has 4 nitrogen and oxygen atoms in total. The summed E-state index contributed by atoms with van der Waals surface area (Å²) in [4.78, 5) is 3.51. The van der Waals surface area contributed by atoms with E-state index in [0.717, 1.165) is 37.3 Å². The van der Waals surface area contributed by atoms with Gasteiger partial charge in [-0.2, -0.15) is 0 Å². The molecule has 25 heavy (non-hydrogen) atoms. The Labute approximate surface area is 160 Å². The van der Waals surface area contributed by atoms with Crippen LogP contribution in [0.2, 0.25) is 5.02 Å². The summed E-state index contributed by atoms with van der Waals surface area (Å²) in [5, 5.41) is 0.660. The van der Waals surface area contributed by atoms with Crippen LogP contribution in [0.25, 0.3) is 0 Å². The van der Waals surface area contributed by atoms with E-state index in [-0.39, 0.29) is 0 Å². The molecule has 0 radical (unpaired) electrons. The highest BCUT2D eigenvalue weighted by Gasteiger charge is 2.22. The Kier molecular flexibility index (Phi) is 6.41. The number of nitrogens with one attached hydrogen (secondary N) is 1. The van der Waals surface area contributed by atoms with E-state index >= 15 is 0 Å². The van der Waals surface area contributed by atoms with Crippen LogP contribution in [0.5, 0.6) is 0 Å². The number of rotatable bonds is 5. The summed E-state index contributed by atoms with van der Waals surface area (Å²) in [5.41, 5.74) is 1.67. The van der Waals surface area contributed by atoms with Gasteiger partial charge in [-0.15, -0.1) is 0 Å². The molecular formula is C18H21ClN2O2S2. The van der Waals surface area contributed by atoms with Crippen molar-refractivity contribution in [1.82, 2.24) is 0 Å². The zero-order valence-electron chi connectivity index (χ0n) is 14.0. The summed E-state index contributed by atoms with van der Waals surface area (Å²) in [6.45, 7) is 1.91. The average molecular weight is 397 g/mol. The smallest absolute Gasteiger partial charge is 0.184 e. The van der Waals surface area contributed by atoms with Crippen molar-refractivity contribution in [2.45, 2.75) is 29.1 Å². The fraction of sp³-hybridized carbons (Fsp3) is 0.333. The van der Waals surface area contributed by atoms with Gasteiger partial charge < -0.3 is 14.0 Å². The van der Waals surface area contributed by atoms with Crippen LogP contribution in [0.4, 0.5) is 11.4 Å². The minimum Gasteiger partial charge on any atom is -0.612 e. The fourth-order valence-corrected chi connectivity index (χ4v) is 4.81. The third-order valence-electron chi connectivity index (χ3n) is 4.21.